The first-order valence-corrected chi connectivity index (χ1v) is 11.5. The Morgan fingerprint density at radius 1 is 1.16 bits per heavy atom. The highest BCUT2D eigenvalue weighted by Crippen LogP contribution is 2.36. The van der Waals surface area contributed by atoms with Crippen molar-refractivity contribution in [3.8, 4) is 22.8 Å². The predicted octanol–water partition coefficient (Wildman–Crippen LogP) is 4.14. The molecule has 2 aliphatic rings. The zero-order chi connectivity index (χ0) is 22.1. The van der Waals surface area contributed by atoms with Crippen LogP contribution >= 0.6 is 11.3 Å². The summed E-state index contributed by atoms with van der Waals surface area (Å²) in [4.78, 5) is 31.6. The summed E-state index contributed by atoms with van der Waals surface area (Å²) in [7, 11) is 0. The van der Waals surface area contributed by atoms with Crippen LogP contribution in [0.25, 0.3) is 11.3 Å². The number of ether oxygens (including phenoxy) is 2. The van der Waals surface area contributed by atoms with Gasteiger partial charge in [-0.3, -0.25) is 9.59 Å². The largest absolute Gasteiger partial charge is 0.486 e. The summed E-state index contributed by atoms with van der Waals surface area (Å²) in [5, 5.41) is 5.35. The van der Waals surface area contributed by atoms with E-state index in [1.165, 1.54) is 16.9 Å². The van der Waals surface area contributed by atoms with Crippen LogP contribution < -0.4 is 19.7 Å². The van der Waals surface area contributed by atoms with Crippen LogP contribution in [0.2, 0.25) is 0 Å². The third-order valence-corrected chi connectivity index (χ3v) is 6.48. The topological polar surface area (TPSA) is 80.8 Å². The van der Waals surface area contributed by atoms with Crippen LogP contribution in [0.4, 0.5) is 10.8 Å². The van der Waals surface area contributed by atoms with E-state index in [0.29, 0.717) is 42.1 Å². The van der Waals surface area contributed by atoms with E-state index in [1.54, 1.807) is 17.0 Å². The van der Waals surface area contributed by atoms with Crippen molar-refractivity contribution in [1.82, 2.24) is 4.98 Å². The van der Waals surface area contributed by atoms with Crippen LogP contribution in [0.1, 0.15) is 18.9 Å². The Balaban J connectivity index is 1.25. The number of carbonyl (C=O) groups is 2. The molecule has 1 aromatic heterocycles. The summed E-state index contributed by atoms with van der Waals surface area (Å²) in [6.07, 6.45) is 1.15. The van der Waals surface area contributed by atoms with Crippen LogP contribution in [-0.4, -0.2) is 36.6 Å². The van der Waals surface area contributed by atoms with Gasteiger partial charge in [-0.05, 0) is 24.1 Å². The maximum absolute atomic E-state index is 12.8. The predicted molar refractivity (Wildman–Crippen MR) is 123 cm³/mol. The van der Waals surface area contributed by atoms with E-state index in [0.717, 1.165) is 17.7 Å². The van der Waals surface area contributed by atoms with E-state index in [4.69, 9.17) is 9.47 Å². The smallest absolute Gasteiger partial charge is 0.231 e. The Bertz CT molecular complexity index is 1160. The molecule has 8 heteroatoms. The lowest BCUT2D eigenvalue weighted by molar-refractivity contribution is -0.122. The second kappa shape index (κ2) is 8.63. The highest BCUT2D eigenvalue weighted by Gasteiger charge is 2.36. The summed E-state index contributed by atoms with van der Waals surface area (Å²) < 4.78 is 11.2. The molecule has 2 aromatic carbocycles. The number of aryl methyl sites for hydroxylation is 1. The maximum Gasteiger partial charge on any atom is 0.231 e. The number of nitrogens with zero attached hydrogens (tertiary/aromatic N) is 2. The zero-order valence-electron chi connectivity index (χ0n) is 17.7. The lowest BCUT2D eigenvalue weighted by Gasteiger charge is -2.22. The molecular formula is C24H23N3O4S. The number of amides is 2. The summed E-state index contributed by atoms with van der Waals surface area (Å²) in [6.45, 7) is 3.43. The Hall–Kier alpha value is -3.39. The van der Waals surface area contributed by atoms with Crippen molar-refractivity contribution in [3.05, 3.63) is 53.4 Å². The van der Waals surface area contributed by atoms with Crippen LogP contribution in [0.3, 0.4) is 0 Å². The Morgan fingerprint density at radius 3 is 2.72 bits per heavy atom. The fraction of sp³-hybridized carbons (Fsp3) is 0.292. The highest BCUT2D eigenvalue weighted by atomic mass is 32.1. The molecule has 1 N–H and O–H groups in total. The molecule has 5 rings (SSSR count). The maximum atomic E-state index is 12.8. The Morgan fingerprint density at radius 2 is 1.94 bits per heavy atom. The molecule has 2 amide bonds. The number of aromatic nitrogens is 1. The molecule has 0 aliphatic carbocycles. The van der Waals surface area contributed by atoms with Gasteiger partial charge < -0.3 is 19.7 Å². The van der Waals surface area contributed by atoms with Gasteiger partial charge in [0.15, 0.2) is 16.6 Å². The van der Waals surface area contributed by atoms with Gasteiger partial charge in [0.2, 0.25) is 11.8 Å². The minimum absolute atomic E-state index is 0.0855. The van der Waals surface area contributed by atoms with Crippen LogP contribution in [-0.2, 0) is 16.0 Å². The van der Waals surface area contributed by atoms with Crippen molar-refractivity contribution in [2.45, 2.75) is 19.8 Å². The first-order chi connectivity index (χ1) is 15.6. The normalized spacial score (nSPS) is 17.5. The van der Waals surface area contributed by atoms with Gasteiger partial charge in [0.1, 0.15) is 13.2 Å². The molecule has 3 aromatic rings. The van der Waals surface area contributed by atoms with E-state index in [2.05, 4.69) is 29.4 Å². The van der Waals surface area contributed by atoms with Crippen LogP contribution in [0, 0.1) is 5.92 Å². The van der Waals surface area contributed by atoms with Gasteiger partial charge in [0, 0.05) is 35.7 Å². The standard InChI is InChI=1S/C24H23N3O4S/c1-2-15-3-5-16(6-4-15)19-14-32-24(25-19)26-23(29)17-11-22(28)27(13-17)18-7-8-20-21(12-18)31-10-9-30-20/h3-8,12,14,17H,2,9-11,13H2,1H3,(H,25,26,29)/t17-/m0/s1. The Labute approximate surface area is 190 Å². The lowest BCUT2D eigenvalue weighted by atomic mass is 10.1. The van der Waals surface area contributed by atoms with Gasteiger partial charge in [-0.2, -0.15) is 0 Å². The van der Waals surface area contributed by atoms with Gasteiger partial charge in [-0.1, -0.05) is 31.2 Å². The lowest BCUT2D eigenvalue weighted by Crippen LogP contribution is -2.28. The fourth-order valence-corrected chi connectivity index (χ4v) is 4.64. The first-order valence-electron chi connectivity index (χ1n) is 10.7. The van der Waals surface area contributed by atoms with Gasteiger partial charge in [-0.25, -0.2) is 4.98 Å². The molecule has 0 unspecified atom stereocenters. The molecular weight excluding hydrogens is 426 g/mol. The fourth-order valence-electron chi connectivity index (χ4n) is 3.92. The molecule has 0 bridgehead atoms. The van der Waals surface area contributed by atoms with E-state index >= 15 is 0 Å². The van der Waals surface area contributed by atoms with Gasteiger partial charge in [0.05, 0.1) is 11.6 Å². The second-order valence-corrected chi connectivity index (χ2v) is 8.67. The molecule has 1 saturated heterocycles. The number of anilines is 2. The minimum Gasteiger partial charge on any atom is -0.486 e. The molecule has 7 nitrogen and oxygen atoms in total. The number of nitrogens with one attached hydrogen (secondary N) is 1. The molecule has 0 radical (unpaired) electrons. The van der Waals surface area contributed by atoms with E-state index < -0.39 is 5.92 Å². The molecule has 1 fully saturated rings. The first kappa shape index (κ1) is 20.5. The number of hydrogen-bond acceptors (Lipinski definition) is 6. The number of benzene rings is 2. The summed E-state index contributed by atoms with van der Waals surface area (Å²) in [5.41, 5.74) is 3.82. The van der Waals surface area contributed by atoms with E-state index in [9.17, 15) is 9.59 Å². The number of thiazole rings is 1. The van der Waals surface area contributed by atoms with E-state index in [1.807, 2.05) is 23.6 Å². The van der Waals surface area contributed by atoms with Crippen molar-refractivity contribution >= 4 is 34.0 Å². The van der Waals surface area contributed by atoms with Crippen LogP contribution in [0.5, 0.6) is 11.5 Å². The molecule has 0 saturated carbocycles. The number of hydrogen-bond donors (Lipinski definition) is 1. The molecule has 32 heavy (non-hydrogen) atoms. The van der Waals surface area contributed by atoms with Gasteiger partial charge >= 0.3 is 0 Å². The van der Waals surface area contributed by atoms with Crippen molar-refractivity contribution in [1.29, 1.82) is 0 Å². The molecule has 3 heterocycles. The van der Waals surface area contributed by atoms with E-state index in [-0.39, 0.29) is 18.2 Å². The zero-order valence-corrected chi connectivity index (χ0v) is 18.5. The molecule has 164 valence electrons. The van der Waals surface area contributed by atoms with Gasteiger partial charge in [0.25, 0.3) is 0 Å². The minimum atomic E-state index is -0.438. The average molecular weight is 450 g/mol. The van der Waals surface area contributed by atoms with Crippen molar-refractivity contribution in [2.75, 3.05) is 30.0 Å². The van der Waals surface area contributed by atoms with Crippen molar-refractivity contribution in [2.24, 2.45) is 5.92 Å². The average Bonchev–Trinajstić information content (AvgIpc) is 3.45. The quantitative estimate of drug-likeness (QED) is 0.633. The summed E-state index contributed by atoms with van der Waals surface area (Å²) in [5.74, 6) is 0.576. The molecule has 1 atom stereocenters. The number of rotatable bonds is 5. The van der Waals surface area contributed by atoms with Gasteiger partial charge in [-0.15, -0.1) is 11.3 Å². The number of carbonyl (C=O) groups excluding carboxylic acids is 2. The SMILES string of the molecule is CCc1ccc(-c2csc(NC(=O)[C@H]3CC(=O)N(c4ccc5c(c4)OCCO5)C3)n2)cc1. The third kappa shape index (κ3) is 4.05. The van der Waals surface area contributed by atoms with Crippen LogP contribution in [0.15, 0.2) is 47.8 Å². The summed E-state index contributed by atoms with van der Waals surface area (Å²) in [6, 6.07) is 13.7. The van der Waals surface area contributed by atoms with Crippen molar-refractivity contribution in [3.63, 3.8) is 0 Å². The highest BCUT2D eigenvalue weighted by molar-refractivity contribution is 7.14. The number of fused-ring (bicyclic) bond motifs is 1. The monoisotopic (exact) mass is 449 g/mol. The third-order valence-electron chi connectivity index (χ3n) is 5.73. The molecule has 0 spiro atoms. The molecule has 2 aliphatic heterocycles. The second-order valence-electron chi connectivity index (χ2n) is 7.81. The summed E-state index contributed by atoms with van der Waals surface area (Å²) >= 11 is 1.38. The van der Waals surface area contributed by atoms with Crippen molar-refractivity contribution < 1.29 is 19.1 Å². The Kier molecular flexibility index (Phi) is 5.53.